The van der Waals surface area contributed by atoms with Crippen LogP contribution in [-0.4, -0.2) is 19.9 Å². The molecule has 2 aliphatic heterocycles. The lowest BCUT2D eigenvalue weighted by Crippen LogP contribution is -2.11. The minimum absolute atomic E-state index is 0.602. The molecule has 8 aromatic rings. The molecule has 2 aliphatic rings. The molecule has 0 saturated heterocycles. The number of nitriles is 1. The number of benzene rings is 5. The Morgan fingerprint density at radius 3 is 1.21 bits per heavy atom. The average Bonchev–Trinajstić information content (AvgIpc) is 4.12. The van der Waals surface area contributed by atoms with E-state index in [1.54, 1.807) is 0 Å². The third-order valence-corrected chi connectivity index (χ3v) is 10.4. The number of nitrogens with zero attached hydrogens (tertiary/aromatic N) is 4. The minimum atomic E-state index is 0.602. The zero-order chi connectivity index (χ0) is 38.1. The number of hydrogen-bond acceptors (Lipinski definition) is 4. The predicted octanol–water partition coefficient (Wildman–Crippen LogP) is 13.0. The maximum atomic E-state index is 9.62. The molecular formula is C51H34N6. The van der Waals surface area contributed by atoms with Crippen LogP contribution in [0, 0.1) is 11.3 Å². The quantitative estimate of drug-likeness (QED) is 0.178. The van der Waals surface area contributed by atoms with E-state index in [0.29, 0.717) is 5.56 Å². The summed E-state index contributed by atoms with van der Waals surface area (Å²) in [5, 5.41) is 9.62. The van der Waals surface area contributed by atoms with Gasteiger partial charge in [0.2, 0.25) is 0 Å². The van der Waals surface area contributed by atoms with Gasteiger partial charge in [-0.05, 0) is 102 Å². The van der Waals surface area contributed by atoms with Crippen molar-refractivity contribution < 1.29 is 0 Å². The molecule has 0 spiro atoms. The van der Waals surface area contributed by atoms with Crippen LogP contribution in [-0.2, 0) is 0 Å². The summed E-state index contributed by atoms with van der Waals surface area (Å²) >= 11 is 0. The molecule has 10 rings (SSSR count). The van der Waals surface area contributed by atoms with Crippen LogP contribution < -0.4 is 4.90 Å². The van der Waals surface area contributed by atoms with Crippen molar-refractivity contribution in [3.05, 3.63) is 198 Å². The summed E-state index contributed by atoms with van der Waals surface area (Å²) in [6.07, 6.45) is 8.42. The largest absolute Gasteiger partial charge is 0.354 e. The third-order valence-electron chi connectivity index (χ3n) is 10.4. The molecule has 2 N–H and O–H groups in total. The average molecular weight is 731 g/mol. The molecule has 0 fully saturated rings. The standard InChI is InChI=1S/C51H34N6/c52-33-34-21-23-37(24-22-34)50-42-27-25-40(53-42)48(35-13-5-1-6-14-35)44-29-31-46(55-44)51(57(38-17-9-3-10-18-38)39-19-11-4-12-20-39)47-32-30-45(56-47)49(36-15-7-2-8-16-36)41-26-28-43(50)54-41/h1-32,53,56H. The molecule has 3 aromatic heterocycles. The summed E-state index contributed by atoms with van der Waals surface area (Å²) in [6, 6.07) is 60.2. The first kappa shape index (κ1) is 33.6. The van der Waals surface area contributed by atoms with Gasteiger partial charge in [-0.1, -0.05) is 109 Å². The SMILES string of the molecule is N#Cc1ccc(-c2c3nc(c(-c4ccccc4)c4ccc([nH]4)c(N(c4ccccc4)c4ccccc4)c4nc(c(-c5ccccc5)c5ccc2[nH]5)C=C4)C=C3)cc1. The van der Waals surface area contributed by atoms with Gasteiger partial charge < -0.3 is 14.9 Å². The molecule has 268 valence electrons. The van der Waals surface area contributed by atoms with Gasteiger partial charge in [-0.3, -0.25) is 0 Å². The van der Waals surface area contributed by atoms with Gasteiger partial charge in [0, 0.05) is 44.6 Å². The summed E-state index contributed by atoms with van der Waals surface area (Å²) in [5.74, 6) is 0. The van der Waals surface area contributed by atoms with Gasteiger partial charge in [0.05, 0.1) is 45.6 Å². The minimum Gasteiger partial charge on any atom is -0.354 e. The van der Waals surface area contributed by atoms with Crippen LogP contribution in [0.25, 0.3) is 79.8 Å². The molecule has 5 heterocycles. The highest BCUT2D eigenvalue weighted by molar-refractivity contribution is 6.00. The number of para-hydroxylation sites is 2. The van der Waals surface area contributed by atoms with Gasteiger partial charge in [-0.2, -0.15) is 5.26 Å². The van der Waals surface area contributed by atoms with E-state index in [-0.39, 0.29) is 0 Å². The van der Waals surface area contributed by atoms with Crippen molar-refractivity contribution in [2.45, 2.75) is 0 Å². The molecule has 0 saturated carbocycles. The van der Waals surface area contributed by atoms with E-state index < -0.39 is 0 Å². The Bertz CT molecular complexity index is 2970. The maximum absolute atomic E-state index is 9.62. The van der Waals surface area contributed by atoms with Crippen molar-refractivity contribution in [2.24, 2.45) is 0 Å². The van der Waals surface area contributed by atoms with Crippen LogP contribution >= 0.6 is 0 Å². The van der Waals surface area contributed by atoms with E-state index >= 15 is 0 Å². The zero-order valence-electron chi connectivity index (χ0n) is 30.8. The Hall–Kier alpha value is -8.01. The van der Waals surface area contributed by atoms with E-state index in [4.69, 9.17) is 9.97 Å². The lowest BCUT2D eigenvalue weighted by molar-refractivity contribution is 1.23. The zero-order valence-corrected chi connectivity index (χ0v) is 30.8. The van der Waals surface area contributed by atoms with Crippen molar-refractivity contribution in [1.82, 2.24) is 19.9 Å². The number of rotatable bonds is 6. The van der Waals surface area contributed by atoms with Crippen LogP contribution in [0.4, 0.5) is 17.1 Å². The highest BCUT2D eigenvalue weighted by atomic mass is 15.2. The Morgan fingerprint density at radius 1 is 0.386 bits per heavy atom. The first-order chi connectivity index (χ1) is 28.2. The Balaban J connectivity index is 1.39. The van der Waals surface area contributed by atoms with Crippen LogP contribution in [0.3, 0.4) is 0 Å². The number of anilines is 3. The first-order valence-electron chi connectivity index (χ1n) is 18.9. The molecule has 57 heavy (non-hydrogen) atoms. The van der Waals surface area contributed by atoms with Crippen molar-refractivity contribution >= 4 is 63.4 Å². The number of aromatic amines is 2. The van der Waals surface area contributed by atoms with Gasteiger partial charge in [-0.25, -0.2) is 9.97 Å². The molecule has 8 bridgehead atoms. The highest BCUT2D eigenvalue weighted by Gasteiger charge is 2.22. The molecule has 6 heteroatoms. The lowest BCUT2D eigenvalue weighted by Gasteiger charge is -2.26. The van der Waals surface area contributed by atoms with E-state index in [2.05, 4.69) is 167 Å². The third kappa shape index (κ3) is 6.20. The highest BCUT2D eigenvalue weighted by Crippen LogP contribution is 2.42. The second-order valence-corrected chi connectivity index (χ2v) is 13.9. The van der Waals surface area contributed by atoms with Gasteiger partial charge in [0.1, 0.15) is 0 Å². The molecule has 6 nitrogen and oxygen atoms in total. The fraction of sp³-hybridized carbons (Fsp3) is 0. The summed E-state index contributed by atoms with van der Waals surface area (Å²) in [4.78, 5) is 20.8. The second-order valence-electron chi connectivity index (χ2n) is 13.9. The van der Waals surface area contributed by atoms with Gasteiger partial charge in [-0.15, -0.1) is 0 Å². The Labute approximate surface area is 330 Å². The van der Waals surface area contributed by atoms with Crippen LogP contribution in [0.15, 0.2) is 170 Å². The first-order valence-corrected chi connectivity index (χ1v) is 18.9. The molecule has 0 radical (unpaired) electrons. The van der Waals surface area contributed by atoms with Crippen LogP contribution in [0.1, 0.15) is 28.3 Å². The van der Waals surface area contributed by atoms with E-state index in [1.165, 1.54) is 0 Å². The number of fused-ring (bicyclic) bond motifs is 8. The molecule has 5 aromatic carbocycles. The maximum Gasteiger partial charge on any atom is 0.0991 e. The molecule has 0 amide bonds. The lowest BCUT2D eigenvalue weighted by atomic mass is 10.0. The van der Waals surface area contributed by atoms with Crippen LogP contribution in [0.5, 0.6) is 0 Å². The van der Waals surface area contributed by atoms with Gasteiger partial charge in [0.25, 0.3) is 0 Å². The van der Waals surface area contributed by atoms with Crippen molar-refractivity contribution in [3.8, 4) is 39.4 Å². The molecule has 0 unspecified atom stereocenters. The van der Waals surface area contributed by atoms with Gasteiger partial charge >= 0.3 is 0 Å². The van der Waals surface area contributed by atoms with Crippen molar-refractivity contribution in [1.29, 1.82) is 5.26 Å². The number of aromatic nitrogens is 4. The Morgan fingerprint density at radius 2 is 0.754 bits per heavy atom. The van der Waals surface area contributed by atoms with E-state index in [9.17, 15) is 5.26 Å². The number of H-pyrrole nitrogens is 2. The van der Waals surface area contributed by atoms with E-state index in [1.807, 2.05) is 48.5 Å². The van der Waals surface area contributed by atoms with Crippen molar-refractivity contribution in [3.63, 3.8) is 0 Å². The van der Waals surface area contributed by atoms with Gasteiger partial charge in [0.15, 0.2) is 0 Å². The number of nitrogens with one attached hydrogen (secondary N) is 2. The number of hydrogen-bond donors (Lipinski definition) is 2. The summed E-state index contributed by atoms with van der Waals surface area (Å²) in [6.45, 7) is 0. The summed E-state index contributed by atoms with van der Waals surface area (Å²) in [7, 11) is 0. The smallest absolute Gasteiger partial charge is 0.0991 e. The summed E-state index contributed by atoms with van der Waals surface area (Å²) in [5.41, 5.74) is 16.4. The monoisotopic (exact) mass is 730 g/mol. The van der Waals surface area contributed by atoms with E-state index in [0.717, 1.165) is 95.3 Å². The van der Waals surface area contributed by atoms with Crippen molar-refractivity contribution in [2.75, 3.05) is 4.90 Å². The fourth-order valence-corrected chi connectivity index (χ4v) is 7.82. The second kappa shape index (κ2) is 14.3. The predicted molar refractivity (Wildman–Crippen MR) is 235 cm³/mol. The molecular weight excluding hydrogens is 697 g/mol. The molecule has 0 aliphatic carbocycles. The topological polar surface area (TPSA) is 84.4 Å². The Kier molecular flexibility index (Phi) is 8.44. The molecule has 0 atom stereocenters. The fourth-order valence-electron chi connectivity index (χ4n) is 7.82. The summed E-state index contributed by atoms with van der Waals surface area (Å²) < 4.78 is 0. The normalized spacial score (nSPS) is 11.7. The van der Waals surface area contributed by atoms with Crippen LogP contribution in [0.2, 0.25) is 0 Å².